The molecule has 9 heteroatoms. The Morgan fingerprint density at radius 3 is 2.81 bits per heavy atom. The van der Waals surface area contributed by atoms with Gasteiger partial charge in [-0.05, 0) is 25.0 Å². The van der Waals surface area contributed by atoms with Gasteiger partial charge in [-0.1, -0.05) is 17.8 Å². The number of aromatic amines is 1. The zero-order valence-electron chi connectivity index (χ0n) is 13.8. The van der Waals surface area contributed by atoms with E-state index in [1.165, 1.54) is 23.9 Å². The minimum atomic E-state index is -4.02. The number of pyridine rings is 1. The lowest BCUT2D eigenvalue weighted by Crippen LogP contribution is -2.43. The van der Waals surface area contributed by atoms with Crippen LogP contribution in [0.25, 0.3) is 11.0 Å². The van der Waals surface area contributed by atoms with E-state index >= 15 is 0 Å². The number of fused-ring (bicyclic) bond motifs is 2. The van der Waals surface area contributed by atoms with Crippen LogP contribution in [0, 0.1) is 13.8 Å². The topological polar surface area (TPSA) is 60.0 Å². The van der Waals surface area contributed by atoms with Crippen LogP contribution >= 0.6 is 11.8 Å². The van der Waals surface area contributed by atoms with E-state index in [1.54, 1.807) is 6.20 Å². The summed E-state index contributed by atoms with van der Waals surface area (Å²) >= 11 is 1.43. The van der Waals surface area contributed by atoms with Crippen LogP contribution in [0.5, 0.6) is 11.5 Å². The van der Waals surface area contributed by atoms with E-state index in [-0.39, 0.29) is 11.5 Å². The number of rotatable bonds is 3. The van der Waals surface area contributed by atoms with Gasteiger partial charge in [0.1, 0.15) is 0 Å². The van der Waals surface area contributed by atoms with E-state index in [4.69, 9.17) is 0 Å². The van der Waals surface area contributed by atoms with Gasteiger partial charge in [0.2, 0.25) is 0 Å². The molecule has 0 saturated heterocycles. The number of H-pyrrole nitrogens is 1. The van der Waals surface area contributed by atoms with E-state index in [0.29, 0.717) is 21.9 Å². The second-order valence-electron chi connectivity index (χ2n) is 6.02. The Bertz CT molecular complexity index is 993. The predicted octanol–water partition coefficient (Wildman–Crippen LogP) is 4.53. The molecule has 136 valence electrons. The highest BCUT2D eigenvalue weighted by molar-refractivity contribution is 7.98. The molecule has 26 heavy (non-hydrogen) atoms. The van der Waals surface area contributed by atoms with E-state index in [0.717, 1.165) is 16.8 Å². The number of imidazole rings is 1. The van der Waals surface area contributed by atoms with Crippen molar-refractivity contribution in [2.75, 3.05) is 0 Å². The van der Waals surface area contributed by atoms with Crippen molar-refractivity contribution in [1.82, 2.24) is 15.0 Å². The van der Waals surface area contributed by atoms with Crippen LogP contribution in [0.1, 0.15) is 16.8 Å². The van der Waals surface area contributed by atoms with Crippen LogP contribution in [0.4, 0.5) is 13.2 Å². The summed E-state index contributed by atoms with van der Waals surface area (Å²) in [5, 5.41) is 0.590. The summed E-state index contributed by atoms with van der Waals surface area (Å²) in [6.07, 6.45) is -5.07. The normalized spacial score (nSPS) is 18.3. The van der Waals surface area contributed by atoms with Gasteiger partial charge in [-0.25, -0.2) is 4.98 Å². The van der Waals surface area contributed by atoms with Crippen LogP contribution in [-0.2, 0) is 5.75 Å². The fraction of sp³-hybridized carbons (Fsp3) is 0.294. The molecule has 0 aliphatic carbocycles. The maximum atomic E-state index is 13.3. The molecule has 3 heterocycles. The van der Waals surface area contributed by atoms with Crippen molar-refractivity contribution in [3.05, 3.63) is 41.2 Å². The Kier molecular flexibility index (Phi) is 3.98. The molecule has 0 radical (unpaired) electrons. The van der Waals surface area contributed by atoms with Gasteiger partial charge in [-0.15, -0.1) is 0 Å². The van der Waals surface area contributed by atoms with Crippen molar-refractivity contribution in [2.45, 2.75) is 37.2 Å². The average molecular weight is 381 g/mol. The summed E-state index contributed by atoms with van der Waals surface area (Å²) in [4.78, 5) is 11.8. The van der Waals surface area contributed by atoms with Crippen molar-refractivity contribution in [3.8, 4) is 11.5 Å². The number of halogens is 3. The molecule has 0 bridgehead atoms. The van der Waals surface area contributed by atoms with Crippen LogP contribution in [-0.4, -0.2) is 27.4 Å². The molecule has 1 aromatic carbocycles. The summed E-state index contributed by atoms with van der Waals surface area (Å²) in [5.41, 5.74) is 4.08. The number of nitrogens with one attached hydrogen (secondary N) is 1. The monoisotopic (exact) mass is 381 g/mol. The number of hydrogen-bond acceptors (Lipinski definition) is 5. The van der Waals surface area contributed by atoms with Crippen molar-refractivity contribution >= 4 is 22.8 Å². The Labute approximate surface area is 150 Å². The molecular weight excluding hydrogens is 367 g/mol. The van der Waals surface area contributed by atoms with Crippen LogP contribution in [0.15, 0.2) is 29.6 Å². The fourth-order valence-electron chi connectivity index (χ4n) is 2.64. The lowest BCUT2D eigenvalue weighted by Gasteiger charge is -2.28. The molecule has 3 aromatic rings. The van der Waals surface area contributed by atoms with Crippen molar-refractivity contribution in [3.63, 3.8) is 0 Å². The van der Waals surface area contributed by atoms with Gasteiger partial charge in [0.25, 0.3) is 0 Å². The highest BCUT2D eigenvalue weighted by Gasteiger charge is 2.49. The van der Waals surface area contributed by atoms with E-state index < -0.39 is 12.5 Å². The Hall–Kier alpha value is -2.42. The molecule has 1 aliphatic heterocycles. The number of aromatic nitrogens is 3. The standard InChI is InChI=1S/C17H14F3N3O2S/c1-8-3-9(2)12(21-6-8)7-26-16-22-10-4-13-14(5-11(10)23-16)25-17(19,20)15(18)24-13/h3-6,15H,7H2,1-2H3,(H,22,23). The first-order valence-corrected chi connectivity index (χ1v) is 8.76. The molecular formula is C17H14F3N3O2S. The molecule has 1 aliphatic rings. The molecule has 0 fully saturated rings. The summed E-state index contributed by atoms with van der Waals surface area (Å²) in [6, 6.07) is 4.76. The zero-order chi connectivity index (χ0) is 18.5. The maximum absolute atomic E-state index is 13.3. The third-order valence-electron chi connectivity index (χ3n) is 3.94. The first-order valence-electron chi connectivity index (χ1n) is 7.78. The molecule has 0 spiro atoms. The van der Waals surface area contributed by atoms with Crippen LogP contribution < -0.4 is 9.47 Å². The Morgan fingerprint density at radius 2 is 2.04 bits per heavy atom. The summed E-state index contributed by atoms with van der Waals surface area (Å²) in [5.74, 6) is 0.270. The minimum absolute atomic E-state index is 0.0906. The van der Waals surface area contributed by atoms with Crippen molar-refractivity contribution in [1.29, 1.82) is 0 Å². The largest absolute Gasteiger partial charge is 0.468 e. The number of alkyl halides is 3. The maximum Gasteiger partial charge on any atom is 0.468 e. The van der Waals surface area contributed by atoms with Crippen LogP contribution in [0.2, 0.25) is 0 Å². The number of benzene rings is 1. The number of aryl methyl sites for hydroxylation is 2. The van der Waals surface area contributed by atoms with Gasteiger partial charge in [-0.2, -0.15) is 13.2 Å². The second-order valence-corrected chi connectivity index (χ2v) is 6.98. The zero-order valence-corrected chi connectivity index (χ0v) is 14.7. The van der Waals surface area contributed by atoms with E-state index in [9.17, 15) is 13.2 Å². The summed E-state index contributed by atoms with van der Waals surface area (Å²) < 4.78 is 48.9. The number of nitrogens with zero attached hydrogens (tertiary/aromatic N) is 2. The molecule has 4 rings (SSSR count). The number of thioether (sulfide) groups is 1. The van der Waals surface area contributed by atoms with Gasteiger partial charge < -0.3 is 14.5 Å². The second kappa shape index (κ2) is 6.08. The third-order valence-corrected chi connectivity index (χ3v) is 4.82. The Morgan fingerprint density at radius 1 is 1.23 bits per heavy atom. The van der Waals surface area contributed by atoms with Gasteiger partial charge >= 0.3 is 12.5 Å². The minimum Gasteiger partial charge on any atom is -0.447 e. The smallest absolute Gasteiger partial charge is 0.447 e. The molecule has 0 amide bonds. The van der Waals surface area contributed by atoms with E-state index in [2.05, 4.69) is 30.5 Å². The highest BCUT2D eigenvalue weighted by Crippen LogP contribution is 2.42. The highest BCUT2D eigenvalue weighted by atomic mass is 32.2. The van der Waals surface area contributed by atoms with Crippen LogP contribution in [0.3, 0.4) is 0 Å². The van der Waals surface area contributed by atoms with Gasteiger partial charge in [0, 0.05) is 24.1 Å². The molecule has 0 saturated carbocycles. The molecule has 1 N–H and O–H groups in total. The SMILES string of the molecule is Cc1cnc(CSc2nc3cc4c(cc3[nH]2)OC(F)C(F)(F)O4)c(C)c1. The molecule has 1 unspecified atom stereocenters. The van der Waals surface area contributed by atoms with Crippen molar-refractivity contribution < 1.29 is 22.6 Å². The molecule has 5 nitrogen and oxygen atoms in total. The predicted molar refractivity (Wildman–Crippen MR) is 90.5 cm³/mol. The van der Waals surface area contributed by atoms with Gasteiger partial charge in [0.15, 0.2) is 16.7 Å². The van der Waals surface area contributed by atoms with E-state index in [1.807, 2.05) is 13.8 Å². The quantitative estimate of drug-likeness (QED) is 0.676. The first kappa shape index (κ1) is 17.0. The fourth-order valence-corrected chi connectivity index (χ4v) is 3.56. The lowest BCUT2D eigenvalue weighted by atomic mass is 10.2. The van der Waals surface area contributed by atoms with Crippen molar-refractivity contribution in [2.24, 2.45) is 0 Å². The third kappa shape index (κ3) is 3.07. The first-order chi connectivity index (χ1) is 12.3. The van der Waals surface area contributed by atoms with Gasteiger partial charge in [0.05, 0.1) is 16.7 Å². The summed E-state index contributed by atoms with van der Waals surface area (Å²) in [6.45, 7) is 3.97. The number of hydrogen-bond donors (Lipinski definition) is 1. The number of ether oxygens (including phenoxy) is 2. The summed E-state index contributed by atoms with van der Waals surface area (Å²) in [7, 11) is 0. The Balaban J connectivity index is 1.58. The molecule has 2 aromatic heterocycles. The molecule has 1 atom stereocenters. The average Bonchev–Trinajstić information content (AvgIpc) is 2.94. The van der Waals surface area contributed by atoms with Gasteiger partial charge in [-0.3, -0.25) is 4.98 Å². The lowest BCUT2D eigenvalue weighted by molar-refractivity contribution is -0.281.